The summed E-state index contributed by atoms with van der Waals surface area (Å²) < 4.78 is 14.9. The minimum absolute atomic E-state index is 0.0812. The van der Waals surface area contributed by atoms with Crippen LogP contribution in [0.15, 0.2) is 45.2 Å². The number of hydrogen-bond acceptors (Lipinski definition) is 9. The van der Waals surface area contributed by atoms with Crippen LogP contribution < -0.4 is 5.32 Å². The van der Waals surface area contributed by atoms with Crippen molar-refractivity contribution in [3.8, 4) is 0 Å². The van der Waals surface area contributed by atoms with Crippen LogP contribution in [0.5, 0.6) is 0 Å². The van der Waals surface area contributed by atoms with Gasteiger partial charge in [-0.15, -0.1) is 10.2 Å². The van der Waals surface area contributed by atoms with Crippen molar-refractivity contribution in [1.29, 1.82) is 0 Å². The maximum Gasteiger partial charge on any atom is 0.363 e. The zero-order valence-corrected chi connectivity index (χ0v) is 15.3. The first-order valence-corrected chi connectivity index (χ1v) is 9.71. The third-order valence-corrected chi connectivity index (χ3v) is 5.98. The Morgan fingerprint density at radius 3 is 2.88 bits per heavy atom. The van der Waals surface area contributed by atoms with Gasteiger partial charge in [0, 0.05) is 11.9 Å². The van der Waals surface area contributed by atoms with E-state index in [-0.39, 0.29) is 16.7 Å². The fraction of sp³-hybridized carbons (Fsp3) is 0.0714. The molecule has 0 fully saturated rings. The molecule has 3 heterocycles. The normalized spacial score (nSPS) is 11.1. The molecule has 0 aliphatic carbocycles. The standard InChI is InChI=1S/C14H9FN6O2S3/c15-9-3-1-8(2-4-9)7-16-12-18-19-14(26-12)25-10-11(21(22)23)20-5-6-24-13(20)17-10/h1-6H,7H2,(H,16,18). The van der Waals surface area contributed by atoms with Crippen LogP contribution in [0, 0.1) is 15.9 Å². The maximum atomic E-state index is 12.9. The van der Waals surface area contributed by atoms with E-state index in [2.05, 4.69) is 20.5 Å². The summed E-state index contributed by atoms with van der Waals surface area (Å²) in [5.74, 6) is -0.368. The fourth-order valence-electron chi connectivity index (χ4n) is 2.17. The first kappa shape index (κ1) is 16.9. The first-order chi connectivity index (χ1) is 12.6. The Morgan fingerprint density at radius 1 is 1.31 bits per heavy atom. The Balaban J connectivity index is 1.48. The average molecular weight is 408 g/mol. The molecule has 26 heavy (non-hydrogen) atoms. The highest BCUT2D eigenvalue weighted by molar-refractivity contribution is 8.01. The zero-order valence-electron chi connectivity index (χ0n) is 12.8. The summed E-state index contributed by atoms with van der Waals surface area (Å²) in [4.78, 5) is 15.7. The molecular formula is C14H9FN6O2S3. The molecule has 0 aliphatic heterocycles. The monoisotopic (exact) mass is 408 g/mol. The summed E-state index contributed by atoms with van der Waals surface area (Å²) in [5.41, 5.74) is 0.903. The molecule has 132 valence electrons. The van der Waals surface area contributed by atoms with Gasteiger partial charge in [0.05, 0.1) is 0 Å². The van der Waals surface area contributed by atoms with Crippen molar-refractivity contribution in [3.63, 3.8) is 0 Å². The molecule has 0 saturated heterocycles. The van der Waals surface area contributed by atoms with Crippen LogP contribution in [0.4, 0.5) is 15.3 Å². The second kappa shape index (κ2) is 6.97. The number of nitro groups is 1. The van der Waals surface area contributed by atoms with Crippen LogP contribution >= 0.6 is 34.4 Å². The fourth-order valence-corrected chi connectivity index (χ4v) is 4.70. The van der Waals surface area contributed by atoms with Crippen molar-refractivity contribution >= 4 is 50.3 Å². The van der Waals surface area contributed by atoms with Gasteiger partial charge in [0.15, 0.2) is 4.34 Å². The smallest absolute Gasteiger partial charge is 0.358 e. The lowest BCUT2D eigenvalue weighted by atomic mass is 10.2. The number of nitrogens with one attached hydrogen (secondary N) is 1. The van der Waals surface area contributed by atoms with Gasteiger partial charge in [-0.1, -0.05) is 34.8 Å². The Morgan fingerprint density at radius 2 is 2.12 bits per heavy atom. The average Bonchev–Trinajstić information content (AvgIpc) is 3.30. The Bertz CT molecular complexity index is 1070. The first-order valence-electron chi connectivity index (χ1n) is 7.20. The van der Waals surface area contributed by atoms with Gasteiger partial charge in [0.2, 0.25) is 10.2 Å². The molecule has 0 unspecified atom stereocenters. The quantitative estimate of drug-likeness (QED) is 0.379. The van der Waals surface area contributed by atoms with E-state index >= 15 is 0 Å². The zero-order chi connectivity index (χ0) is 18.1. The molecule has 0 aliphatic rings. The number of aromatic nitrogens is 4. The molecule has 4 rings (SSSR count). The van der Waals surface area contributed by atoms with Crippen molar-refractivity contribution in [2.75, 3.05) is 5.32 Å². The number of imidazole rings is 1. The molecule has 0 bridgehead atoms. The predicted molar refractivity (Wildman–Crippen MR) is 97.5 cm³/mol. The van der Waals surface area contributed by atoms with Crippen LogP contribution in [0.2, 0.25) is 0 Å². The van der Waals surface area contributed by atoms with E-state index < -0.39 is 4.92 Å². The van der Waals surface area contributed by atoms with Gasteiger partial charge in [-0.25, -0.2) is 4.39 Å². The highest BCUT2D eigenvalue weighted by Gasteiger charge is 2.25. The van der Waals surface area contributed by atoms with E-state index in [4.69, 9.17) is 0 Å². The van der Waals surface area contributed by atoms with Crippen molar-refractivity contribution in [3.05, 3.63) is 57.3 Å². The molecule has 0 radical (unpaired) electrons. The SMILES string of the molecule is O=[N+]([O-])c1c(Sc2nnc(NCc3ccc(F)cc3)s2)nc2sccn12. The third kappa shape index (κ3) is 3.38. The van der Waals surface area contributed by atoms with E-state index in [9.17, 15) is 14.5 Å². The van der Waals surface area contributed by atoms with Crippen LogP contribution in [-0.2, 0) is 6.54 Å². The summed E-state index contributed by atoms with van der Waals surface area (Å²) in [7, 11) is 0. The highest BCUT2D eigenvalue weighted by atomic mass is 32.2. The predicted octanol–water partition coefficient (Wildman–Crippen LogP) is 4.06. The second-order valence-corrected chi connectivity index (χ2v) is 8.09. The lowest BCUT2D eigenvalue weighted by Gasteiger charge is -2.01. The van der Waals surface area contributed by atoms with Gasteiger partial charge in [0.25, 0.3) is 4.96 Å². The molecule has 0 saturated carbocycles. The number of rotatable bonds is 6. The molecule has 12 heteroatoms. The number of benzene rings is 1. The van der Waals surface area contributed by atoms with Gasteiger partial charge in [0.1, 0.15) is 12.0 Å². The van der Waals surface area contributed by atoms with Gasteiger partial charge >= 0.3 is 5.82 Å². The number of hydrogen-bond donors (Lipinski definition) is 1. The van der Waals surface area contributed by atoms with Gasteiger partial charge in [-0.3, -0.25) is 0 Å². The number of thiazole rings is 1. The molecule has 1 N–H and O–H groups in total. The largest absolute Gasteiger partial charge is 0.363 e. The van der Waals surface area contributed by atoms with E-state index in [1.165, 1.54) is 39.2 Å². The Kier molecular flexibility index (Phi) is 4.53. The molecular weight excluding hydrogens is 399 g/mol. The Hall–Kier alpha value is -2.57. The summed E-state index contributed by atoms with van der Waals surface area (Å²) in [6.45, 7) is 0.472. The molecule has 8 nitrogen and oxygen atoms in total. The van der Waals surface area contributed by atoms with E-state index in [1.54, 1.807) is 23.7 Å². The number of halogens is 1. The molecule has 4 aromatic rings. The minimum atomic E-state index is -0.455. The van der Waals surface area contributed by atoms with E-state index in [1.807, 2.05) is 0 Å². The number of fused-ring (bicyclic) bond motifs is 1. The minimum Gasteiger partial charge on any atom is -0.358 e. The van der Waals surface area contributed by atoms with Crippen LogP contribution in [-0.4, -0.2) is 24.5 Å². The molecule has 1 aromatic carbocycles. The number of anilines is 1. The summed E-state index contributed by atoms with van der Waals surface area (Å²) >= 11 is 3.70. The lowest BCUT2D eigenvalue weighted by Crippen LogP contribution is -1.98. The third-order valence-electron chi connectivity index (χ3n) is 3.33. The van der Waals surface area contributed by atoms with Crippen molar-refractivity contribution in [2.45, 2.75) is 15.9 Å². The van der Waals surface area contributed by atoms with Crippen LogP contribution in [0.25, 0.3) is 4.96 Å². The molecule has 0 spiro atoms. The van der Waals surface area contributed by atoms with Gasteiger partial charge in [-0.05, 0) is 34.4 Å². The topological polar surface area (TPSA) is 98.2 Å². The van der Waals surface area contributed by atoms with Gasteiger partial charge < -0.3 is 15.4 Å². The van der Waals surface area contributed by atoms with Crippen molar-refractivity contribution in [2.24, 2.45) is 0 Å². The van der Waals surface area contributed by atoms with Crippen molar-refractivity contribution in [1.82, 2.24) is 19.6 Å². The summed E-state index contributed by atoms with van der Waals surface area (Å²) in [5, 5.41) is 25.1. The Labute approximate surface area is 157 Å². The van der Waals surface area contributed by atoms with E-state index in [0.717, 1.165) is 17.3 Å². The molecule has 0 atom stereocenters. The van der Waals surface area contributed by atoms with Crippen LogP contribution in [0.1, 0.15) is 5.56 Å². The van der Waals surface area contributed by atoms with Gasteiger partial charge in [-0.2, -0.15) is 9.38 Å². The highest BCUT2D eigenvalue weighted by Crippen LogP contribution is 2.38. The molecule has 3 aromatic heterocycles. The molecule has 0 amide bonds. The van der Waals surface area contributed by atoms with Crippen molar-refractivity contribution < 1.29 is 9.31 Å². The lowest BCUT2D eigenvalue weighted by molar-refractivity contribution is -0.393. The summed E-state index contributed by atoms with van der Waals surface area (Å²) in [6, 6.07) is 6.14. The van der Waals surface area contributed by atoms with Crippen LogP contribution in [0.3, 0.4) is 0 Å². The maximum absolute atomic E-state index is 12.9. The summed E-state index contributed by atoms with van der Waals surface area (Å²) in [6.07, 6.45) is 1.62. The second-order valence-electron chi connectivity index (χ2n) is 5.01. The number of nitrogens with zero attached hydrogens (tertiary/aromatic N) is 5. The van der Waals surface area contributed by atoms with E-state index in [0.29, 0.717) is 21.0 Å².